The first-order valence-electron chi connectivity index (χ1n) is 9.33. The van der Waals surface area contributed by atoms with E-state index in [1.54, 1.807) is 12.4 Å². The predicted molar refractivity (Wildman–Crippen MR) is 97.7 cm³/mol. The van der Waals surface area contributed by atoms with Crippen molar-refractivity contribution in [2.45, 2.75) is 31.2 Å². The summed E-state index contributed by atoms with van der Waals surface area (Å²) in [5, 5.41) is 10.5. The van der Waals surface area contributed by atoms with Crippen molar-refractivity contribution >= 4 is 5.91 Å². The van der Waals surface area contributed by atoms with Gasteiger partial charge in [0, 0.05) is 37.6 Å². The molecule has 1 saturated heterocycles. The van der Waals surface area contributed by atoms with Crippen molar-refractivity contribution in [2.75, 3.05) is 32.8 Å². The Kier molecular flexibility index (Phi) is 4.99. The molecule has 4 rings (SSSR count). The van der Waals surface area contributed by atoms with E-state index in [-0.39, 0.29) is 11.4 Å². The summed E-state index contributed by atoms with van der Waals surface area (Å²) in [5.74, 6) is -0.0760. The van der Waals surface area contributed by atoms with E-state index in [1.807, 2.05) is 18.2 Å². The molecule has 2 aromatic heterocycles. The molecule has 1 aliphatic carbocycles. The van der Waals surface area contributed by atoms with Crippen LogP contribution in [0.2, 0.25) is 0 Å². The maximum absolute atomic E-state index is 12.9. The predicted octanol–water partition coefficient (Wildman–Crippen LogP) is 1.85. The summed E-state index contributed by atoms with van der Waals surface area (Å²) < 4.78 is 5.45. The number of pyridine rings is 1. The third kappa shape index (κ3) is 3.78. The number of morpholine rings is 1. The van der Waals surface area contributed by atoms with Gasteiger partial charge in [0.15, 0.2) is 0 Å². The van der Waals surface area contributed by atoms with Crippen LogP contribution in [0.5, 0.6) is 0 Å². The SMILES string of the molecule is O=C(NC1(CN2CCOCC2)CCCC1)c1cc(-c2ccncc2)n[nH]1. The molecule has 3 heterocycles. The maximum Gasteiger partial charge on any atom is 0.269 e. The number of carbonyl (C=O) groups is 1. The third-order valence-electron chi connectivity index (χ3n) is 5.37. The molecule has 138 valence electrons. The summed E-state index contributed by atoms with van der Waals surface area (Å²) in [5.41, 5.74) is 2.06. The smallest absolute Gasteiger partial charge is 0.269 e. The molecule has 0 unspecified atom stereocenters. The van der Waals surface area contributed by atoms with Crippen molar-refractivity contribution in [1.29, 1.82) is 0 Å². The van der Waals surface area contributed by atoms with Crippen molar-refractivity contribution in [2.24, 2.45) is 0 Å². The van der Waals surface area contributed by atoms with Crippen molar-refractivity contribution < 1.29 is 9.53 Å². The number of amides is 1. The third-order valence-corrected chi connectivity index (χ3v) is 5.37. The van der Waals surface area contributed by atoms with Gasteiger partial charge in [-0.05, 0) is 31.0 Å². The quantitative estimate of drug-likeness (QED) is 0.855. The van der Waals surface area contributed by atoms with Gasteiger partial charge in [-0.25, -0.2) is 0 Å². The Labute approximate surface area is 153 Å². The zero-order chi connectivity index (χ0) is 17.8. The van der Waals surface area contributed by atoms with Gasteiger partial charge in [-0.3, -0.25) is 19.8 Å². The van der Waals surface area contributed by atoms with Gasteiger partial charge in [-0.2, -0.15) is 5.10 Å². The van der Waals surface area contributed by atoms with Gasteiger partial charge in [-0.15, -0.1) is 0 Å². The van der Waals surface area contributed by atoms with E-state index in [0.29, 0.717) is 5.69 Å². The first kappa shape index (κ1) is 17.2. The number of nitrogens with zero attached hydrogens (tertiary/aromatic N) is 3. The molecule has 2 aromatic rings. The van der Waals surface area contributed by atoms with Crippen molar-refractivity contribution in [3.8, 4) is 11.3 Å². The average molecular weight is 355 g/mol. The molecule has 1 amide bonds. The van der Waals surface area contributed by atoms with Gasteiger partial charge >= 0.3 is 0 Å². The second kappa shape index (κ2) is 7.55. The molecule has 1 aliphatic heterocycles. The van der Waals surface area contributed by atoms with E-state index in [0.717, 1.165) is 69.8 Å². The minimum Gasteiger partial charge on any atom is -0.379 e. The number of H-pyrrole nitrogens is 1. The second-order valence-electron chi connectivity index (χ2n) is 7.23. The van der Waals surface area contributed by atoms with Crippen LogP contribution in [-0.2, 0) is 4.74 Å². The Morgan fingerprint density at radius 3 is 2.69 bits per heavy atom. The lowest BCUT2D eigenvalue weighted by Gasteiger charge is -2.37. The fourth-order valence-electron chi connectivity index (χ4n) is 3.98. The fraction of sp³-hybridized carbons (Fsp3) is 0.526. The summed E-state index contributed by atoms with van der Waals surface area (Å²) in [4.78, 5) is 19.3. The molecule has 0 aromatic carbocycles. The Hall–Kier alpha value is -2.25. The van der Waals surface area contributed by atoms with E-state index >= 15 is 0 Å². The largest absolute Gasteiger partial charge is 0.379 e. The van der Waals surface area contributed by atoms with Crippen LogP contribution in [0.3, 0.4) is 0 Å². The first-order chi connectivity index (χ1) is 12.7. The summed E-state index contributed by atoms with van der Waals surface area (Å²) in [6.07, 6.45) is 7.83. The number of hydrogen-bond acceptors (Lipinski definition) is 5. The number of aromatic nitrogens is 3. The fourth-order valence-corrected chi connectivity index (χ4v) is 3.98. The number of rotatable bonds is 5. The highest BCUT2D eigenvalue weighted by atomic mass is 16.5. The number of nitrogens with one attached hydrogen (secondary N) is 2. The van der Waals surface area contributed by atoms with E-state index in [1.165, 1.54) is 0 Å². The number of carbonyl (C=O) groups excluding carboxylic acids is 1. The van der Waals surface area contributed by atoms with Crippen LogP contribution in [0, 0.1) is 0 Å². The van der Waals surface area contributed by atoms with E-state index in [4.69, 9.17) is 4.74 Å². The lowest BCUT2D eigenvalue weighted by atomic mass is 9.96. The standard InChI is InChI=1S/C19H25N5O2/c25-18(17-13-16(22-23-17)15-3-7-20-8-4-15)21-19(5-1-2-6-19)14-24-9-11-26-12-10-24/h3-4,7-8,13H,1-2,5-6,9-12,14H2,(H,21,25)(H,22,23). The summed E-state index contributed by atoms with van der Waals surface area (Å²) in [6, 6.07) is 5.57. The van der Waals surface area contributed by atoms with Gasteiger partial charge in [0.1, 0.15) is 5.69 Å². The average Bonchev–Trinajstić information content (AvgIpc) is 3.33. The lowest BCUT2D eigenvalue weighted by molar-refractivity contribution is 0.0237. The van der Waals surface area contributed by atoms with E-state index < -0.39 is 0 Å². The molecule has 2 aliphatic rings. The zero-order valence-corrected chi connectivity index (χ0v) is 14.9. The van der Waals surface area contributed by atoms with Gasteiger partial charge in [-0.1, -0.05) is 12.8 Å². The van der Waals surface area contributed by atoms with Gasteiger partial charge < -0.3 is 10.1 Å². The monoisotopic (exact) mass is 355 g/mol. The topological polar surface area (TPSA) is 83.1 Å². The van der Waals surface area contributed by atoms with Crippen molar-refractivity contribution in [3.63, 3.8) is 0 Å². The molecular formula is C19H25N5O2. The van der Waals surface area contributed by atoms with Gasteiger partial charge in [0.05, 0.1) is 24.4 Å². The molecule has 26 heavy (non-hydrogen) atoms. The molecule has 1 saturated carbocycles. The second-order valence-corrected chi connectivity index (χ2v) is 7.23. The molecule has 0 spiro atoms. The molecule has 0 radical (unpaired) electrons. The Balaban J connectivity index is 1.46. The summed E-state index contributed by atoms with van der Waals surface area (Å²) in [6.45, 7) is 4.33. The molecular weight excluding hydrogens is 330 g/mol. The first-order valence-corrected chi connectivity index (χ1v) is 9.33. The number of ether oxygens (including phenoxy) is 1. The van der Waals surface area contributed by atoms with E-state index in [2.05, 4.69) is 25.4 Å². The van der Waals surface area contributed by atoms with Crippen LogP contribution in [0.4, 0.5) is 0 Å². The molecule has 2 N–H and O–H groups in total. The van der Waals surface area contributed by atoms with Gasteiger partial charge in [0.2, 0.25) is 0 Å². The zero-order valence-electron chi connectivity index (χ0n) is 14.9. The van der Waals surface area contributed by atoms with Crippen LogP contribution in [-0.4, -0.2) is 64.4 Å². The number of hydrogen-bond donors (Lipinski definition) is 2. The van der Waals surface area contributed by atoms with Crippen LogP contribution < -0.4 is 5.32 Å². The van der Waals surface area contributed by atoms with Crippen LogP contribution >= 0.6 is 0 Å². The summed E-state index contributed by atoms with van der Waals surface area (Å²) in [7, 11) is 0. The molecule has 0 bridgehead atoms. The normalized spacial score (nSPS) is 20.2. The molecule has 7 nitrogen and oxygen atoms in total. The lowest BCUT2D eigenvalue weighted by Crippen LogP contribution is -2.55. The highest BCUT2D eigenvalue weighted by Gasteiger charge is 2.37. The van der Waals surface area contributed by atoms with Crippen molar-refractivity contribution in [3.05, 3.63) is 36.3 Å². The minimum atomic E-state index is -0.142. The van der Waals surface area contributed by atoms with Gasteiger partial charge in [0.25, 0.3) is 5.91 Å². The summed E-state index contributed by atoms with van der Waals surface area (Å²) >= 11 is 0. The highest BCUT2D eigenvalue weighted by molar-refractivity contribution is 5.93. The molecule has 2 fully saturated rings. The van der Waals surface area contributed by atoms with E-state index in [9.17, 15) is 4.79 Å². The van der Waals surface area contributed by atoms with Crippen LogP contribution in [0.25, 0.3) is 11.3 Å². The Morgan fingerprint density at radius 1 is 1.23 bits per heavy atom. The minimum absolute atomic E-state index is 0.0760. The van der Waals surface area contributed by atoms with Crippen LogP contribution in [0.15, 0.2) is 30.6 Å². The number of aromatic amines is 1. The highest BCUT2D eigenvalue weighted by Crippen LogP contribution is 2.31. The molecule has 0 atom stereocenters. The Morgan fingerprint density at radius 2 is 1.96 bits per heavy atom. The van der Waals surface area contributed by atoms with Crippen LogP contribution in [0.1, 0.15) is 36.2 Å². The Bertz CT molecular complexity index is 733. The maximum atomic E-state index is 12.9. The van der Waals surface area contributed by atoms with Crippen molar-refractivity contribution in [1.82, 2.24) is 25.4 Å². The molecule has 7 heteroatoms.